The van der Waals surface area contributed by atoms with Crippen LogP contribution in [0, 0.1) is 5.92 Å². The minimum absolute atomic E-state index is 0.0582. The van der Waals surface area contributed by atoms with E-state index < -0.39 is 0 Å². The van der Waals surface area contributed by atoms with E-state index in [1.54, 1.807) is 18.2 Å². The normalized spacial score (nSPS) is 18.5. The molecule has 18 heavy (non-hydrogen) atoms. The fourth-order valence-corrected chi connectivity index (χ4v) is 2.11. The molecule has 0 saturated heterocycles. The predicted molar refractivity (Wildman–Crippen MR) is 65.6 cm³/mol. The minimum atomic E-state index is -0.159. The summed E-state index contributed by atoms with van der Waals surface area (Å²) in [5.74, 6) is 1.56. The van der Waals surface area contributed by atoms with Crippen molar-refractivity contribution in [3.05, 3.63) is 23.8 Å². The second-order valence-electron chi connectivity index (χ2n) is 4.75. The predicted octanol–water partition coefficient (Wildman–Crippen LogP) is 0.882. The topological polar surface area (TPSA) is 73.6 Å². The van der Waals surface area contributed by atoms with Crippen molar-refractivity contribution in [2.45, 2.75) is 18.9 Å². The molecule has 2 aliphatic rings. The maximum absolute atomic E-state index is 12.0. The fraction of sp³-hybridized carbons (Fsp3) is 0.462. The maximum Gasteiger partial charge on any atom is 0.255 e. The monoisotopic (exact) mass is 248 g/mol. The summed E-state index contributed by atoms with van der Waals surface area (Å²) >= 11 is 0. The Labute approximate surface area is 105 Å². The van der Waals surface area contributed by atoms with Crippen LogP contribution < -0.4 is 20.5 Å². The number of fused-ring (bicyclic) bond motifs is 1. The van der Waals surface area contributed by atoms with Crippen molar-refractivity contribution < 1.29 is 14.3 Å². The highest BCUT2D eigenvalue weighted by Gasteiger charge is 2.29. The van der Waals surface area contributed by atoms with Crippen molar-refractivity contribution in [3.8, 4) is 11.5 Å². The van der Waals surface area contributed by atoms with E-state index in [2.05, 4.69) is 5.32 Å². The van der Waals surface area contributed by atoms with Crippen LogP contribution in [0.4, 0.5) is 0 Å². The molecule has 5 nitrogen and oxygen atoms in total. The number of benzene rings is 1. The fourth-order valence-electron chi connectivity index (χ4n) is 2.11. The lowest BCUT2D eigenvalue weighted by Crippen LogP contribution is -2.38. The zero-order valence-corrected chi connectivity index (χ0v) is 10.0. The largest absolute Gasteiger partial charge is 0.454 e. The summed E-state index contributed by atoms with van der Waals surface area (Å²) in [6, 6.07) is 5.35. The second kappa shape index (κ2) is 4.49. The minimum Gasteiger partial charge on any atom is -0.454 e. The van der Waals surface area contributed by atoms with Crippen molar-refractivity contribution in [1.82, 2.24) is 5.32 Å². The number of hydrogen-bond acceptors (Lipinski definition) is 4. The van der Waals surface area contributed by atoms with Crippen LogP contribution in [-0.2, 0) is 0 Å². The molecule has 1 aromatic carbocycles. The van der Waals surface area contributed by atoms with Gasteiger partial charge in [-0.2, -0.15) is 0 Å². The Balaban J connectivity index is 1.67. The van der Waals surface area contributed by atoms with Crippen LogP contribution in [0.5, 0.6) is 11.5 Å². The summed E-state index contributed by atoms with van der Waals surface area (Å²) in [6.45, 7) is 0.676. The van der Waals surface area contributed by atoms with Crippen LogP contribution in [0.3, 0.4) is 0 Å². The van der Waals surface area contributed by atoms with E-state index in [0.717, 1.165) is 0 Å². The number of para-hydroxylation sites is 1. The highest BCUT2D eigenvalue weighted by molar-refractivity contribution is 5.97. The molecular formula is C13H16N2O3. The van der Waals surface area contributed by atoms with Gasteiger partial charge in [0.05, 0.1) is 5.56 Å². The summed E-state index contributed by atoms with van der Waals surface area (Å²) in [4.78, 5) is 12.0. The summed E-state index contributed by atoms with van der Waals surface area (Å²) < 4.78 is 10.5. The number of carbonyl (C=O) groups is 1. The average Bonchev–Trinajstić information content (AvgIpc) is 3.12. The number of carbonyl (C=O) groups excluding carboxylic acids is 1. The lowest BCUT2D eigenvalue weighted by Gasteiger charge is -2.12. The van der Waals surface area contributed by atoms with E-state index in [1.807, 2.05) is 0 Å². The Kier molecular flexibility index (Phi) is 2.83. The smallest absolute Gasteiger partial charge is 0.255 e. The van der Waals surface area contributed by atoms with Gasteiger partial charge < -0.3 is 20.5 Å². The molecule has 3 rings (SSSR count). The first-order valence-electron chi connectivity index (χ1n) is 6.18. The molecule has 1 aliphatic carbocycles. The highest BCUT2D eigenvalue weighted by Crippen LogP contribution is 2.35. The zero-order chi connectivity index (χ0) is 12.5. The Morgan fingerprint density at radius 2 is 2.28 bits per heavy atom. The van der Waals surface area contributed by atoms with Gasteiger partial charge in [0.2, 0.25) is 6.79 Å². The second-order valence-corrected chi connectivity index (χ2v) is 4.75. The first-order chi connectivity index (χ1) is 8.75. The molecule has 0 spiro atoms. The van der Waals surface area contributed by atoms with E-state index in [4.69, 9.17) is 15.2 Å². The van der Waals surface area contributed by atoms with Gasteiger partial charge in [0.1, 0.15) is 0 Å². The van der Waals surface area contributed by atoms with Crippen LogP contribution in [-0.4, -0.2) is 25.3 Å². The van der Waals surface area contributed by atoms with Gasteiger partial charge in [0, 0.05) is 12.6 Å². The van der Waals surface area contributed by atoms with Gasteiger partial charge in [-0.1, -0.05) is 6.07 Å². The number of ether oxygens (including phenoxy) is 2. The van der Waals surface area contributed by atoms with Crippen molar-refractivity contribution in [2.75, 3.05) is 13.3 Å². The van der Waals surface area contributed by atoms with E-state index >= 15 is 0 Å². The van der Waals surface area contributed by atoms with Crippen LogP contribution >= 0.6 is 0 Å². The van der Waals surface area contributed by atoms with Gasteiger partial charge in [-0.25, -0.2) is 0 Å². The van der Waals surface area contributed by atoms with Gasteiger partial charge in [-0.3, -0.25) is 4.79 Å². The standard InChI is InChI=1S/C13H16N2O3/c14-10(8-4-5-8)6-15-13(16)9-2-1-3-11-12(9)18-7-17-11/h1-3,8,10H,4-7,14H2,(H,15,16). The molecule has 1 aliphatic heterocycles. The van der Waals surface area contributed by atoms with Gasteiger partial charge in [-0.05, 0) is 30.9 Å². The molecule has 1 atom stereocenters. The van der Waals surface area contributed by atoms with Gasteiger partial charge in [-0.15, -0.1) is 0 Å². The first-order valence-corrected chi connectivity index (χ1v) is 6.18. The molecular weight excluding hydrogens is 232 g/mol. The summed E-state index contributed by atoms with van der Waals surface area (Å²) in [7, 11) is 0. The molecule has 1 fully saturated rings. The quantitative estimate of drug-likeness (QED) is 0.829. The van der Waals surface area contributed by atoms with Gasteiger partial charge in [0.25, 0.3) is 5.91 Å². The molecule has 1 unspecified atom stereocenters. The molecule has 3 N–H and O–H groups in total. The Morgan fingerprint density at radius 1 is 1.44 bits per heavy atom. The average molecular weight is 248 g/mol. The Hall–Kier alpha value is -1.75. The molecule has 1 saturated carbocycles. The molecule has 1 aromatic rings. The van der Waals surface area contributed by atoms with Crippen molar-refractivity contribution in [3.63, 3.8) is 0 Å². The molecule has 5 heteroatoms. The number of rotatable bonds is 4. The highest BCUT2D eigenvalue weighted by atomic mass is 16.7. The third-order valence-electron chi connectivity index (χ3n) is 3.37. The van der Waals surface area contributed by atoms with E-state index in [-0.39, 0.29) is 18.7 Å². The zero-order valence-electron chi connectivity index (χ0n) is 10.0. The number of nitrogens with one attached hydrogen (secondary N) is 1. The van der Waals surface area contributed by atoms with E-state index in [9.17, 15) is 4.79 Å². The maximum atomic E-state index is 12.0. The van der Waals surface area contributed by atoms with Crippen molar-refractivity contribution in [2.24, 2.45) is 11.7 Å². The SMILES string of the molecule is NC(CNC(=O)c1cccc2c1OCO2)C1CC1. The molecule has 0 bridgehead atoms. The Bertz CT molecular complexity index is 471. The summed E-state index contributed by atoms with van der Waals surface area (Å²) in [5.41, 5.74) is 6.45. The summed E-state index contributed by atoms with van der Waals surface area (Å²) in [6.07, 6.45) is 2.35. The number of nitrogens with two attached hydrogens (primary N) is 1. The third-order valence-corrected chi connectivity index (χ3v) is 3.37. The lowest BCUT2D eigenvalue weighted by atomic mass is 10.1. The molecule has 1 amide bonds. The number of hydrogen-bond donors (Lipinski definition) is 2. The number of amides is 1. The Morgan fingerprint density at radius 3 is 3.06 bits per heavy atom. The van der Waals surface area contributed by atoms with Gasteiger partial charge >= 0.3 is 0 Å². The lowest BCUT2D eigenvalue weighted by molar-refractivity contribution is 0.0945. The van der Waals surface area contributed by atoms with E-state index in [0.29, 0.717) is 29.5 Å². The van der Waals surface area contributed by atoms with E-state index in [1.165, 1.54) is 12.8 Å². The first kappa shape index (κ1) is 11.3. The molecule has 1 heterocycles. The van der Waals surface area contributed by atoms with Crippen LogP contribution in [0.2, 0.25) is 0 Å². The third kappa shape index (κ3) is 2.13. The van der Waals surface area contributed by atoms with Crippen LogP contribution in [0.1, 0.15) is 23.2 Å². The van der Waals surface area contributed by atoms with Crippen LogP contribution in [0.15, 0.2) is 18.2 Å². The van der Waals surface area contributed by atoms with Crippen LogP contribution in [0.25, 0.3) is 0 Å². The molecule has 96 valence electrons. The van der Waals surface area contributed by atoms with Crippen molar-refractivity contribution >= 4 is 5.91 Å². The molecule has 0 radical (unpaired) electrons. The van der Waals surface area contributed by atoms with Crippen molar-refractivity contribution in [1.29, 1.82) is 0 Å². The van der Waals surface area contributed by atoms with Gasteiger partial charge in [0.15, 0.2) is 11.5 Å². The summed E-state index contributed by atoms with van der Waals surface area (Å²) in [5, 5.41) is 2.85. The molecule has 0 aromatic heterocycles.